The predicted octanol–water partition coefficient (Wildman–Crippen LogP) is 3.82. The van der Waals surface area contributed by atoms with E-state index in [4.69, 9.17) is 0 Å². The zero-order valence-electron chi connectivity index (χ0n) is 16.7. The van der Waals surface area contributed by atoms with Gasteiger partial charge in [0.15, 0.2) is 5.82 Å². The lowest BCUT2D eigenvalue weighted by atomic mass is 10.2. The Labute approximate surface area is 166 Å². The molecule has 0 bridgehead atoms. The van der Waals surface area contributed by atoms with Crippen molar-refractivity contribution < 1.29 is 18.3 Å². The van der Waals surface area contributed by atoms with E-state index in [1.54, 1.807) is 25.1 Å². The molecular weight excluding hydrogens is 378 g/mol. The van der Waals surface area contributed by atoms with Crippen LogP contribution in [0, 0.1) is 13.8 Å². The fourth-order valence-corrected chi connectivity index (χ4v) is 4.24. The number of hydrogen-bond donors (Lipinski definition) is 2. The molecule has 0 unspecified atom stereocenters. The van der Waals surface area contributed by atoms with Crippen molar-refractivity contribution in [1.29, 1.82) is 0 Å². The van der Waals surface area contributed by atoms with Gasteiger partial charge in [-0.1, -0.05) is 31.0 Å². The molecule has 0 aliphatic rings. The number of nitrogens with one attached hydrogen (secondary N) is 1. The van der Waals surface area contributed by atoms with Gasteiger partial charge in [0.05, 0.1) is 16.1 Å². The molecule has 8 heteroatoms. The fraction of sp³-hybridized carbons (Fsp3) is 0.400. The summed E-state index contributed by atoms with van der Waals surface area (Å²) < 4.78 is 28.5. The minimum atomic E-state index is -3.90. The summed E-state index contributed by atoms with van der Waals surface area (Å²) in [6.45, 7) is 8.96. The van der Waals surface area contributed by atoms with Gasteiger partial charge in [0, 0.05) is 19.3 Å². The van der Waals surface area contributed by atoms with Gasteiger partial charge in [-0.05, 0) is 44.9 Å². The van der Waals surface area contributed by atoms with Gasteiger partial charge in [0.1, 0.15) is 0 Å². The van der Waals surface area contributed by atoms with Crippen LogP contribution in [-0.4, -0.2) is 37.6 Å². The molecule has 0 aliphatic carbocycles. The molecule has 0 atom stereocenters. The number of aryl methyl sites for hydroxylation is 2. The zero-order valence-corrected chi connectivity index (χ0v) is 17.5. The van der Waals surface area contributed by atoms with Crippen molar-refractivity contribution in [3.8, 4) is 0 Å². The smallest absolute Gasteiger partial charge is 0.337 e. The highest BCUT2D eigenvalue weighted by Crippen LogP contribution is 2.28. The minimum Gasteiger partial charge on any atom is -0.478 e. The molecule has 2 aromatic rings. The van der Waals surface area contributed by atoms with Gasteiger partial charge in [0.2, 0.25) is 0 Å². The molecule has 28 heavy (non-hydrogen) atoms. The van der Waals surface area contributed by atoms with Crippen molar-refractivity contribution >= 4 is 27.5 Å². The van der Waals surface area contributed by atoms with Gasteiger partial charge in [-0.25, -0.2) is 18.2 Å². The number of rotatable bonds is 9. The number of aromatic nitrogens is 1. The Hall–Kier alpha value is -2.61. The number of nitrogens with zero attached hydrogens (tertiary/aromatic N) is 2. The Bertz CT molecular complexity index is 958. The Morgan fingerprint density at radius 1 is 1.21 bits per heavy atom. The van der Waals surface area contributed by atoms with Crippen LogP contribution in [0.4, 0.5) is 11.5 Å². The van der Waals surface area contributed by atoms with Gasteiger partial charge in [-0.15, -0.1) is 0 Å². The molecule has 1 aromatic heterocycles. The van der Waals surface area contributed by atoms with E-state index in [2.05, 4.69) is 16.6 Å². The number of carboxylic acid groups (broad SMARTS) is 1. The number of pyridine rings is 1. The van der Waals surface area contributed by atoms with Gasteiger partial charge in [-0.3, -0.25) is 4.72 Å². The summed E-state index contributed by atoms with van der Waals surface area (Å²) in [7, 11) is -3.90. The summed E-state index contributed by atoms with van der Waals surface area (Å²) in [6, 6.07) is 6.39. The number of carbonyl (C=O) groups is 1. The van der Waals surface area contributed by atoms with E-state index in [1.807, 2.05) is 18.7 Å². The number of anilines is 2. The van der Waals surface area contributed by atoms with Gasteiger partial charge >= 0.3 is 5.97 Å². The highest BCUT2D eigenvalue weighted by Gasteiger charge is 2.22. The second-order valence-electron chi connectivity index (χ2n) is 6.71. The molecule has 2 N–H and O–H groups in total. The van der Waals surface area contributed by atoms with E-state index in [-0.39, 0.29) is 16.1 Å². The number of benzene rings is 1. The summed E-state index contributed by atoms with van der Waals surface area (Å²) in [5, 5.41) is 9.30. The van der Waals surface area contributed by atoms with Crippen molar-refractivity contribution in [2.45, 2.75) is 45.4 Å². The number of unbranched alkanes of at least 4 members (excludes halogenated alkanes) is 1. The third kappa shape index (κ3) is 5.01. The molecule has 0 radical (unpaired) electrons. The van der Waals surface area contributed by atoms with Crippen LogP contribution in [0.5, 0.6) is 0 Å². The molecule has 0 fully saturated rings. The second kappa shape index (κ2) is 9.05. The summed E-state index contributed by atoms with van der Waals surface area (Å²) >= 11 is 0. The zero-order chi connectivity index (χ0) is 20.9. The summed E-state index contributed by atoms with van der Waals surface area (Å²) in [6.07, 6.45) is 3.15. The van der Waals surface area contributed by atoms with Crippen LogP contribution in [0.15, 0.2) is 35.4 Å². The normalized spacial score (nSPS) is 11.3. The van der Waals surface area contributed by atoms with Crippen molar-refractivity contribution in [3.63, 3.8) is 0 Å². The van der Waals surface area contributed by atoms with E-state index >= 15 is 0 Å². The lowest BCUT2D eigenvalue weighted by Crippen LogP contribution is -2.27. The molecular formula is C20H27N3O4S. The number of hydrogen-bond acceptors (Lipinski definition) is 5. The van der Waals surface area contributed by atoms with Crippen molar-refractivity contribution in [2.75, 3.05) is 22.7 Å². The molecule has 1 aromatic carbocycles. The summed E-state index contributed by atoms with van der Waals surface area (Å²) in [5.74, 6) is -0.739. The van der Waals surface area contributed by atoms with E-state index in [0.717, 1.165) is 18.4 Å². The first kappa shape index (κ1) is 21.7. The second-order valence-corrected chi connectivity index (χ2v) is 8.36. The molecule has 0 amide bonds. The topological polar surface area (TPSA) is 99.6 Å². The Morgan fingerprint density at radius 2 is 1.93 bits per heavy atom. The van der Waals surface area contributed by atoms with Crippen LogP contribution in [0.2, 0.25) is 0 Å². The maximum absolute atomic E-state index is 13.0. The number of sulfonamides is 1. The third-order valence-electron chi connectivity index (χ3n) is 4.44. The van der Waals surface area contributed by atoms with E-state index in [1.165, 1.54) is 12.3 Å². The van der Waals surface area contributed by atoms with Crippen molar-refractivity contribution in [3.05, 3.63) is 47.2 Å². The predicted molar refractivity (Wildman–Crippen MR) is 111 cm³/mol. The first-order chi connectivity index (χ1) is 13.2. The molecule has 0 aliphatic heterocycles. The fourth-order valence-electron chi connectivity index (χ4n) is 2.96. The van der Waals surface area contributed by atoms with Crippen LogP contribution in [0.3, 0.4) is 0 Å². The molecule has 0 saturated carbocycles. The van der Waals surface area contributed by atoms with E-state index < -0.39 is 16.0 Å². The summed E-state index contributed by atoms with van der Waals surface area (Å²) in [5.41, 5.74) is 1.67. The van der Waals surface area contributed by atoms with Crippen LogP contribution >= 0.6 is 0 Å². The lowest BCUT2D eigenvalue weighted by Gasteiger charge is -2.25. The monoisotopic (exact) mass is 405 g/mol. The number of carboxylic acids is 1. The molecule has 2 rings (SSSR count). The van der Waals surface area contributed by atoms with Gasteiger partial charge in [-0.2, -0.15) is 0 Å². The Balaban J connectivity index is 2.51. The van der Waals surface area contributed by atoms with Crippen LogP contribution in [-0.2, 0) is 10.0 Å². The van der Waals surface area contributed by atoms with E-state index in [9.17, 15) is 18.3 Å². The summed E-state index contributed by atoms with van der Waals surface area (Å²) in [4.78, 5) is 17.7. The molecule has 152 valence electrons. The molecule has 0 spiro atoms. The highest BCUT2D eigenvalue weighted by molar-refractivity contribution is 7.92. The first-order valence-electron chi connectivity index (χ1n) is 9.28. The molecule has 1 heterocycles. The minimum absolute atomic E-state index is 0.0753. The quantitative estimate of drug-likeness (QED) is 0.658. The average Bonchev–Trinajstić information content (AvgIpc) is 2.62. The van der Waals surface area contributed by atoms with Crippen molar-refractivity contribution in [1.82, 2.24) is 4.98 Å². The van der Waals surface area contributed by atoms with Crippen LogP contribution in [0.25, 0.3) is 0 Å². The number of aromatic carboxylic acids is 1. The highest BCUT2D eigenvalue weighted by atomic mass is 32.2. The Kier molecular flexibility index (Phi) is 7.01. The van der Waals surface area contributed by atoms with Gasteiger partial charge < -0.3 is 10.0 Å². The van der Waals surface area contributed by atoms with Crippen LogP contribution < -0.4 is 9.62 Å². The first-order valence-corrected chi connectivity index (χ1v) is 10.8. The lowest BCUT2D eigenvalue weighted by molar-refractivity contribution is 0.0696. The van der Waals surface area contributed by atoms with E-state index in [0.29, 0.717) is 24.5 Å². The van der Waals surface area contributed by atoms with Gasteiger partial charge in [0.25, 0.3) is 10.0 Å². The SMILES string of the molecule is CCCCN(CC)c1ncc(C(=O)O)cc1NS(=O)(=O)c1ccc(C)cc1C. The standard InChI is InChI=1S/C20H27N3O4S/c1-5-7-10-23(6-2)19-17(12-16(13-21-19)20(24)25)22-28(26,27)18-9-8-14(3)11-15(18)4/h8-9,11-13,22H,5-7,10H2,1-4H3,(H,24,25). The molecule has 0 saturated heterocycles. The third-order valence-corrected chi connectivity index (χ3v) is 5.97. The largest absolute Gasteiger partial charge is 0.478 e. The molecule has 7 nitrogen and oxygen atoms in total. The maximum Gasteiger partial charge on any atom is 0.337 e. The van der Waals surface area contributed by atoms with Crippen LogP contribution in [0.1, 0.15) is 48.2 Å². The Morgan fingerprint density at radius 3 is 2.50 bits per heavy atom. The maximum atomic E-state index is 13.0. The average molecular weight is 406 g/mol. The van der Waals surface area contributed by atoms with Crippen molar-refractivity contribution in [2.24, 2.45) is 0 Å².